The van der Waals surface area contributed by atoms with Gasteiger partial charge in [0.25, 0.3) is 0 Å². The predicted molar refractivity (Wildman–Crippen MR) is 124 cm³/mol. The molecule has 1 aliphatic carbocycles. The SMILES string of the molecule is CC(C)Oc1ccc(CNC(=O)N(Cc2ccc(F)cc2F)[C@@H]2CCCC3CCNC32)cc1. The lowest BCUT2D eigenvalue weighted by molar-refractivity contribution is 0.117. The number of carbonyl (C=O) groups excluding carboxylic acids is 1. The quantitative estimate of drug-likeness (QED) is 0.616. The summed E-state index contributed by atoms with van der Waals surface area (Å²) in [7, 11) is 0. The number of hydrogen-bond acceptors (Lipinski definition) is 3. The zero-order valence-corrected chi connectivity index (χ0v) is 19.3. The Labute approximate surface area is 194 Å². The molecule has 0 aromatic heterocycles. The van der Waals surface area contributed by atoms with Crippen LogP contribution < -0.4 is 15.4 Å². The van der Waals surface area contributed by atoms with Gasteiger partial charge in [0.05, 0.1) is 12.6 Å². The van der Waals surface area contributed by atoms with Crippen LogP contribution in [0.5, 0.6) is 5.75 Å². The van der Waals surface area contributed by atoms with Gasteiger partial charge in [-0.3, -0.25) is 0 Å². The van der Waals surface area contributed by atoms with Gasteiger partial charge in [0.15, 0.2) is 0 Å². The fourth-order valence-corrected chi connectivity index (χ4v) is 5.08. The average Bonchev–Trinajstić information content (AvgIpc) is 3.27. The number of nitrogens with zero attached hydrogens (tertiary/aromatic N) is 1. The minimum Gasteiger partial charge on any atom is -0.491 e. The van der Waals surface area contributed by atoms with Crippen LogP contribution in [0.25, 0.3) is 0 Å². The molecule has 0 bridgehead atoms. The minimum atomic E-state index is -0.625. The number of ether oxygens (including phenoxy) is 1. The van der Waals surface area contributed by atoms with E-state index >= 15 is 0 Å². The van der Waals surface area contributed by atoms with E-state index in [1.54, 1.807) is 4.90 Å². The Morgan fingerprint density at radius 3 is 2.67 bits per heavy atom. The van der Waals surface area contributed by atoms with Gasteiger partial charge in [-0.25, -0.2) is 13.6 Å². The van der Waals surface area contributed by atoms with E-state index in [0.29, 0.717) is 18.0 Å². The maximum atomic E-state index is 14.5. The van der Waals surface area contributed by atoms with Gasteiger partial charge in [-0.05, 0) is 69.3 Å². The van der Waals surface area contributed by atoms with Gasteiger partial charge >= 0.3 is 6.03 Å². The summed E-state index contributed by atoms with van der Waals surface area (Å²) < 4.78 is 33.6. The van der Waals surface area contributed by atoms with Crippen molar-refractivity contribution in [2.24, 2.45) is 5.92 Å². The first kappa shape index (κ1) is 23.5. The van der Waals surface area contributed by atoms with Crippen molar-refractivity contribution in [3.05, 3.63) is 65.2 Å². The van der Waals surface area contributed by atoms with Gasteiger partial charge in [-0.2, -0.15) is 0 Å². The average molecular weight is 458 g/mol. The number of rotatable bonds is 7. The van der Waals surface area contributed by atoms with Crippen molar-refractivity contribution in [3.63, 3.8) is 0 Å². The van der Waals surface area contributed by atoms with Crippen molar-refractivity contribution in [2.45, 2.75) is 70.8 Å². The van der Waals surface area contributed by atoms with Crippen LogP contribution in [0, 0.1) is 17.6 Å². The van der Waals surface area contributed by atoms with E-state index in [-0.39, 0.29) is 30.8 Å². The van der Waals surface area contributed by atoms with E-state index in [2.05, 4.69) is 10.6 Å². The van der Waals surface area contributed by atoms with Crippen molar-refractivity contribution in [3.8, 4) is 5.75 Å². The molecule has 5 nitrogen and oxygen atoms in total. The lowest BCUT2D eigenvalue weighted by atomic mass is 9.81. The third-order valence-electron chi connectivity index (χ3n) is 6.65. The van der Waals surface area contributed by atoms with Gasteiger partial charge < -0.3 is 20.3 Å². The number of hydrogen-bond donors (Lipinski definition) is 2. The number of amides is 2. The molecule has 2 aromatic carbocycles. The molecule has 1 saturated heterocycles. The summed E-state index contributed by atoms with van der Waals surface area (Å²) >= 11 is 0. The number of nitrogens with one attached hydrogen (secondary N) is 2. The van der Waals surface area contributed by atoms with E-state index in [1.165, 1.54) is 12.1 Å². The van der Waals surface area contributed by atoms with Crippen LogP contribution >= 0.6 is 0 Å². The number of carbonyl (C=O) groups is 1. The van der Waals surface area contributed by atoms with Crippen molar-refractivity contribution in [1.82, 2.24) is 15.5 Å². The third kappa shape index (κ3) is 5.82. The molecule has 2 fully saturated rings. The highest BCUT2D eigenvalue weighted by molar-refractivity contribution is 5.74. The Balaban J connectivity index is 1.49. The van der Waals surface area contributed by atoms with Gasteiger partial charge in [0.2, 0.25) is 0 Å². The fraction of sp³-hybridized carbons (Fsp3) is 0.500. The normalized spacial score (nSPS) is 22.2. The molecule has 2 amide bonds. The molecule has 0 spiro atoms. The number of halogens is 2. The molecule has 1 saturated carbocycles. The Kier molecular flexibility index (Phi) is 7.48. The van der Waals surface area contributed by atoms with E-state index < -0.39 is 11.6 Å². The Hall–Kier alpha value is -2.67. The molecule has 1 aliphatic heterocycles. The summed E-state index contributed by atoms with van der Waals surface area (Å²) in [5, 5.41) is 6.57. The molecule has 7 heteroatoms. The summed E-state index contributed by atoms with van der Waals surface area (Å²) in [6.07, 6.45) is 4.26. The van der Waals surface area contributed by atoms with E-state index in [1.807, 2.05) is 38.1 Å². The lowest BCUT2D eigenvalue weighted by Crippen LogP contribution is -2.56. The summed E-state index contributed by atoms with van der Waals surface area (Å²) in [5.74, 6) is 0.0762. The minimum absolute atomic E-state index is 0.0301. The second kappa shape index (κ2) is 10.5. The number of urea groups is 1. The molecular weight excluding hydrogens is 424 g/mol. The van der Waals surface area contributed by atoms with Crippen LogP contribution in [0.3, 0.4) is 0 Å². The van der Waals surface area contributed by atoms with Crippen LogP contribution in [-0.4, -0.2) is 35.7 Å². The van der Waals surface area contributed by atoms with Gasteiger partial charge in [0.1, 0.15) is 17.4 Å². The number of benzene rings is 2. The van der Waals surface area contributed by atoms with Gasteiger partial charge in [0, 0.05) is 30.3 Å². The van der Waals surface area contributed by atoms with Crippen LogP contribution in [0.1, 0.15) is 50.7 Å². The summed E-state index contributed by atoms with van der Waals surface area (Å²) in [6.45, 7) is 5.35. The van der Waals surface area contributed by atoms with Crippen LogP contribution in [-0.2, 0) is 13.1 Å². The molecule has 2 aromatic rings. The molecular formula is C26H33F2N3O2. The standard InChI is InChI=1S/C26H33F2N3O2/c1-17(2)33-22-10-6-18(7-11-22)15-30-26(32)31(16-20-8-9-21(27)14-23(20)28)24-5-3-4-19-12-13-29-25(19)24/h6-11,14,17,19,24-25,29H,3-5,12-13,15-16H2,1-2H3,(H,30,32)/t19?,24-,25?/m1/s1. The van der Waals surface area contributed by atoms with Gasteiger partial charge in [-0.1, -0.05) is 24.6 Å². The van der Waals surface area contributed by atoms with Crippen molar-refractivity contribution in [2.75, 3.05) is 6.54 Å². The monoisotopic (exact) mass is 457 g/mol. The van der Waals surface area contributed by atoms with Crippen molar-refractivity contribution < 1.29 is 18.3 Å². The molecule has 3 atom stereocenters. The van der Waals surface area contributed by atoms with Crippen molar-refractivity contribution >= 4 is 6.03 Å². The highest BCUT2D eigenvalue weighted by Gasteiger charge is 2.41. The Morgan fingerprint density at radius 2 is 1.94 bits per heavy atom. The van der Waals surface area contributed by atoms with Crippen LogP contribution in [0.4, 0.5) is 13.6 Å². The molecule has 33 heavy (non-hydrogen) atoms. The van der Waals surface area contributed by atoms with Gasteiger partial charge in [-0.15, -0.1) is 0 Å². The first-order chi connectivity index (χ1) is 15.9. The molecule has 2 unspecified atom stereocenters. The molecule has 4 rings (SSSR count). The summed E-state index contributed by atoms with van der Waals surface area (Å²) in [5.41, 5.74) is 1.27. The first-order valence-corrected chi connectivity index (χ1v) is 11.9. The molecule has 1 heterocycles. The Morgan fingerprint density at radius 1 is 1.15 bits per heavy atom. The molecule has 178 valence electrons. The highest BCUT2D eigenvalue weighted by atomic mass is 19.1. The topological polar surface area (TPSA) is 53.6 Å². The van der Waals surface area contributed by atoms with Crippen molar-refractivity contribution in [1.29, 1.82) is 0 Å². The van der Waals surface area contributed by atoms with E-state index in [0.717, 1.165) is 49.6 Å². The molecule has 2 aliphatic rings. The number of fused-ring (bicyclic) bond motifs is 1. The lowest BCUT2D eigenvalue weighted by Gasteiger charge is -2.41. The first-order valence-electron chi connectivity index (χ1n) is 11.9. The molecule has 0 radical (unpaired) electrons. The Bertz CT molecular complexity index is 951. The predicted octanol–water partition coefficient (Wildman–Crippen LogP) is 4.99. The third-order valence-corrected chi connectivity index (χ3v) is 6.65. The summed E-state index contributed by atoms with van der Waals surface area (Å²) in [6, 6.07) is 11.1. The van der Waals surface area contributed by atoms with E-state index in [4.69, 9.17) is 4.74 Å². The smallest absolute Gasteiger partial charge is 0.318 e. The van der Waals surface area contributed by atoms with E-state index in [9.17, 15) is 13.6 Å². The second-order valence-corrected chi connectivity index (χ2v) is 9.36. The largest absolute Gasteiger partial charge is 0.491 e. The zero-order chi connectivity index (χ0) is 23.4. The summed E-state index contributed by atoms with van der Waals surface area (Å²) in [4.78, 5) is 15.1. The van der Waals surface area contributed by atoms with Crippen LogP contribution in [0.15, 0.2) is 42.5 Å². The fourth-order valence-electron chi connectivity index (χ4n) is 5.08. The second-order valence-electron chi connectivity index (χ2n) is 9.36. The maximum Gasteiger partial charge on any atom is 0.318 e. The van der Waals surface area contributed by atoms with Crippen LogP contribution in [0.2, 0.25) is 0 Å². The zero-order valence-electron chi connectivity index (χ0n) is 19.3. The maximum absolute atomic E-state index is 14.5. The molecule has 2 N–H and O–H groups in total. The highest BCUT2D eigenvalue weighted by Crippen LogP contribution is 2.34.